The Morgan fingerprint density at radius 3 is 2.59 bits per heavy atom. The van der Waals surface area contributed by atoms with E-state index in [0.717, 1.165) is 53.3 Å². The number of rotatable bonds is 5. The summed E-state index contributed by atoms with van der Waals surface area (Å²) in [6.07, 6.45) is 5.92. The third-order valence-electron chi connectivity index (χ3n) is 6.35. The molecule has 32 heavy (non-hydrogen) atoms. The molecule has 1 aliphatic heterocycles. The molecule has 0 bridgehead atoms. The monoisotopic (exact) mass is 440 g/mol. The maximum atomic E-state index is 5.23. The van der Waals surface area contributed by atoms with Gasteiger partial charge in [-0.05, 0) is 44.5 Å². The number of aryl methyl sites for hydroxylation is 1. The highest BCUT2D eigenvalue weighted by Gasteiger charge is 2.26. The molecule has 0 spiro atoms. The second-order valence-corrected chi connectivity index (χ2v) is 9.61. The van der Waals surface area contributed by atoms with Crippen LogP contribution in [0.2, 0.25) is 0 Å². The molecule has 162 valence electrons. The number of aromatic nitrogens is 3. The Kier molecular flexibility index (Phi) is 6.10. The molecule has 4 nitrogen and oxygen atoms in total. The highest BCUT2D eigenvalue weighted by Crippen LogP contribution is 2.43. The molecule has 2 aromatic heterocycles. The molecule has 1 N–H and O–H groups in total. The second-order valence-electron chi connectivity index (χ2n) is 8.58. The van der Waals surface area contributed by atoms with Crippen molar-refractivity contribution in [2.45, 2.75) is 38.5 Å². The van der Waals surface area contributed by atoms with E-state index < -0.39 is 0 Å². The lowest BCUT2D eigenvalue weighted by molar-refractivity contribution is 0.459. The fourth-order valence-electron chi connectivity index (χ4n) is 4.50. The van der Waals surface area contributed by atoms with Gasteiger partial charge >= 0.3 is 0 Å². The maximum Gasteiger partial charge on any atom is 0.116 e. The zero-order chi connectivity index (χ0) is 21.9. The first-order valence-electron chi connectivity index (χ1n) is 11.3. The average Bonchev–Trinajstić information content (AvgIpc) is 3.30. The molecule has 1 fully saturated rings. The van der Waals surface area contributed by atoms with Crippen LogP contribution in [0.5, 0.6) is 0 Å². The van der Waals surface area contributed by atoms with E-state index in [1.807, 2.05) is 17.5 Å². The number of hydrogen-bond acceptors (Lipinski definition) is 5. The van der Waals surface area contributed by atoms with Gasteiger partial charge in [0.2, 0.25) is 0 Å². The molecule has 2 aromatic carbocycles. The van der Waals surface area contributed by atoms with Crippen LogP contribution in [-0.4, -0.2) is 28.0 Å². The summed E-state index contributed by atoms with van der Waals surface area (Å²) in [5, 5.41) is 4.71. The summed E-state index contributed by atoms with van der Waals surface area (Å²) in [5.74, 6) is 0.706. The topological polar surface area (TPSA) is 50.7 Å². The largest absolute Gasteiger partial charge is 0.317 e. The van der Waals surface area contributed by atoms with Crippen molar-refractivity contribution in [1.29, 1.82) is 0 Å². The molecule has 5 heteroatoms. The van der Waals surface area contributed by atoms with Crippen molar-refractivity contribution in [2.75, 3.05) is 13.1 Å². The Balaban J connectivity index is 1.65. The van der Waals surface area contributed by atoms with Crippen LogP contribution in [0.3, 0.4) is 0 Å². The van der Waals surface area contributed by atoms with Gasteiger partial charge in [-0.15, -0.1) is 11.3 Å². The van der Waals surface area contributed by atoms with Crippen LogP contribution in [0.25, 0.3) is 21.8 Å². The standard InChI is InChI=1S/C27H28N4S/c1-18-7-6-10-22(15-18)24-26(32-27(31-24)21-11-13-28-14-12-21)25-23(16-29-17-30-25)19(2)20-8-4-3-5-9-20/h3-10,15-17,19,21,28H,11-14H2,1-2H3/t19-/m0/s1. The van der Waals surface area contributed by atoms with Crippen molar-refractivity contribution < 1.29 is 0 Å². The number of nitrogens with one attached hydrogen (secondary N) is 1. The number of benzene rings is 2. The Morgan fingerprint density at radius 1 is 1.00 bits per heavy atom. The molecule has 1 atom stereocenters. The summed E-state index contributed by atoms with van der Waals surface area (Å²) >= 11 is 1.82. The van der Waals surface area contributed by atoms with E-state index in [1.54, 1.807) is 6.33 Å². The fourth-order valence-corrected chi connectivity index (χ4v) is 5.77. The van der Waals surface area contributed by atoms with Gasteiger partial charge in [-0.3, -0.25) is 0 Å². The van der Waals surface area contributed by atoms with Crippen LogP contribution in [0.1, 0.15) is 53.3 Å². The van der Waals surface area contributed by atoms with Crippen molar-refractivity contribution in [2.24, 2.45) is 0 Å². The highest BCUT2D eigenvalue weighted by molar-refractivity contribution is 7.15. The van der Waals surface area contributed by atoms with Gasteiger partial charge in [0.1, 0.15) is 6.33 Å². The van der Waals surface area contributed by atoms with Crippen molar-refractivity contribution in [1.82, 2.24) is 20.3 Å². The molecule has 0 radical (unpaired) electrons. The van der Waals surface area contributed by atoms with Crippen LogP contribution in [-0.2, 0) is 0 Å². The first-order valence-corrected chi connectivity index (χ1v) is 12.2. The number of thiazole rings is 1. The van der Waals surface area contributed by atoms with Gasteiger partial charge in [-0.25, -0.2) is 15.0 Å². The van der Waals surface area contributed by atoms with Crippen molar-refractivity contribution in [3.8, 4) is 21.8 Å². The van der Waals surface area contributed by atoms with Gasteiger partial charge in [0.15, 0.2) is 0 Å². The lowest BCUT2D eigenvalue weighted by atomic mass is 9.92. The molecule has 5 rings (SSSR count). The first-order chi connectivity index (χ1) is 15.7. The predicted octanol–water partition coefficient (Wildman–Crippen LogP) is 6.19. The molecule has 1 saturated heterocycles. The van der Waals surface area contributed by atoms with Crippen LogP contribution in [0.4, 0.5) is 0 Å². The third kappa shape index (κ3) is 4.23. The van der Waals surface area contributed by atoms with Crippen LogP contribution in [0.15, 0.2) is 67.1 Å². The minimum atomic E-state index is 0.196. The van der Waals surface area contributed by atoms with Crippen molar-refractivity contribution >= 4 is 11.3 Å². The Hall–Kier alpha value is -2.89. The van der Waals surface area contributed by atoms with E-state index in [4.69, 9.17) is 9.97 Å². The second kappa shape index (κ2) is 9.31. The number of hydrogen-bond donors (Lipinski definition) is 1. The third-order valence-corrected chi connectivity index (χ3v) is 7.57. The van der Waals surface area contributed by atoms with E-state index in [0.29, 0.717) is 5.92 Å². The van der Waals surface area contributed by atoms with E-state index in [9.17, 15) is 0 Å². The zero-order valence-corrected chi connectivity index (χ0v) is 19.4. The summed E-state index contributed by atoms with van der Waals surface area (Å²) in [7, 11) is 0. The Labute approximate surface area is 193 Å². The lowest BCUT2D eigenvalue weighted by Crippen LogP contribution is -2.26. The quantitative estimate of drug-likeness (QED) is 0.402. The average molecular weight is 441 g/mol. The van der Waals surface area contributed by atoms with Crippen molar-refractivity contribution in [3.63, 3.8) is 0 Å². The molecule has 0 unspecified atom stereocenters. The van der Waals surface area contributed by atoms with Gasteiger partial charge in [0.25, 0.3) is 0 Å². The molecule has 1 aliphatic rings. The molecule has 3 heterocycles. The minimum absolute atomic E-state index is 0.196. The fraction of sp³-hybridized carbons (Fsp3) is 0.296. The van der Waals surface area contributed by atoms with Crippen LogP contribution < -0.4 is 5.32 Å². The van der Waals surface area contributed by atoms with E-state index in [2.05, 4.69) is 78.7 Å². The molecule has 0 aliphatic carbocycles. The highest BCUT2D eigenvalue weighted by atomic mass is 32.1. The summed E-state index contributed by atoms with van der Waals surface area (Å²) in [6.45, 7) is 6.49. The van der Waals surface area contributed by atoms with Crippen LogP contribution >= 0.6 is 11.3 Å². The molecule has 0 amide bonds. The molecule has 0 saturated carbocycles. The SMILES string of the molecule is Cc1cccc(-c2nc(C3CCNCC3)sc2-c2ncncc2[C@@H](C)c2ccccc2)c1. The molecular weight excluding hydrogens is 412 g/mol. The minimum Gasteiger partial charge on any atom is -0.317 e. The molecule has 4 aromatic rings. The van der Waals surface area contributed by atoms with Gasteiger partial charge in [-0.2, -0.15) is 0 Å². The van der Waals surface area contributed by atoms with Crippen molar-refractivity contribution in [3.05, 3.63) is 88.8 Å². The number of nitrogens with zero attached hydrogens (tertiary/aromatic N) is 3. The smallest absolute Gasteiger partial charge is 0.116 e. The van der Waals surface area contributed by atoms with E-state index in [1.165, 1.54) is 16.1 Å². The molecular formula is C27H28N4S. The predicted molar refractivity (Wildman–Crippen MR) is 132 cm³/mol. The lowest BCUT2D eigenvalue weighted by Gasteiger charge is -2.20. The number of piperidine rings is 1. The summed E-state index contributed by atoms with van der Waals surface area (Å²) in [5.41, 5.74) is 6.87. The maximum absolute atomic E-state index is 5.23. The summed E-state index contributed by atoms with van der Waals surface area (Å²) in [6, 6.07) is 19.2. The zero-order valence-electron chi connectivity index (χ0n) is 18.6. The Morgan fingerprint density at radius 2 is 1.81 bits per heavy atom. The van der Waals surface area contributed by atoms with Gasteiger partial charge < -0.3 is 5.32 Å². The van der Waals surface area contributed by atoms with E-state index >= 15 is 0 Å². The summed E-state index contributed by atoms with van der Waals surface area (Å²) in [4.78, 5) is 15.6. The van der Waals surface area contributed by atoms with E-state index in [-0.39, 0.29) is 5.92 Å². The van der Waals surface area contributed by atoms with Gasteiger partial charge in [0.05, 0.1) is 21.3 Å². The normalized spacial score (nSPS) is 15.6. The van der Waals surface area contributed by atoms with Gasteiger partial charge in [0, 0.05) is 29.2 Å². The van der Waals surface area contributed by atoms with Crippen LogP contribution in [0, 0.1) is 6.92 Å². The Bertz CT molecular complexity index is 1200. The van der Waals surface area contributed by atoms with Gasteiger partial charge in [-0.1, -0.05) is 61.0 Å². The first kappa shape index (κ1) is 21.0. The summed E-state index contributed by atoms with van der Waals surface area (Å²) < 4.78 is 0.